The smallest absolute Gasteiger partial charge is 0.145 e. The van der Waals surface area contributed by atoms with Crippen LogP contribution in [0.1, 0.15) is 0 Å². The Morgan fingerprint density at radius 3 is 1.39 bits per heavy atom. The van der Waals surface area contributed by atoms with Crippen molar-refractivity contribution in [3.63, 3.8) is 0 Å². The molecule has 13 aromatic rings. The molecule has 0 unspecified atom stereocenters. The number of rotatable bonds is 10. The molecule has 1 heterocycles. The van der Waals surface area contributed by atoms with E-state index in [9.17, 15) is 0 Å². The largest absolute Gasteiger partial charge is 0.455 e. The summed E-state index contributed by atoms with van der Waals surface area (Å²) in [4.78, 5) is 4.87. The zero-order valence-electron chi connectivity index (χ0n) is 38.9. The van der Waals surface area contributed by atoms with Crippen molar-refractivity contribution in [3.8, 4) is 44.5 Å². The Bertz CT molecular complexity index is 4040. The summed E-state index contributed by atoms with van der Waals surface area (Å²) in [7, 11) is 0. The summed E-state index contributed by atoms with van der Waals surface area (Å²) in [5.74, 6) is 0. The van der Waals surface area contributed by atoms with E-state index in [1.807, 2.05) is 0 Å². The lowest BCUT2D eigenvalue weighted by molar-refractivity contribution is 0.672. The molecular weight excluding hydrogens is 861 g/mol. The van der Waals surface area contributed by atoms with Crippen molar-refractivity contribution in [3.05, 3.63) is 279 Å². The summed E-state index contributed by atoms with van der Waals surface area (Å²) in [6.07, 6.45) is 0. The van der Waals surface area contributed by atoms with Crippen molar-refractivity contribution in [1.29, 1.82) is 0 Å². The molecule has 0 fully saturated rings. The fraction of sp³-hybridized carbons (Fsp3) is 0. The molecule has 0 saturated carbocycles. The van der Waals surface area contributed by atoms with Crippen LogP contribution in [0, 0.1) is 0 Å². The highest BCUT2D eigenvalue weighted by Crippen LogP contribution is 2.51. The van der Waals surface area contributed by atoms with Crippen molar-refractivity contribution in [2.24, 2.45) is 0 Å². The summed E-state index contributed by atoms with van der Waals surface area (Å²) in [5.41, 5.74) is 17.2. The summed E-state index contributed by atoms with van der Waals surface area (Å²) < 4.78 is 6.84. The third kappa shape index (κ3) is 7.58. The number of hydrogen-bond donors (Lipinski definition) is 0. The van der Waals surface area contributed by atoms with Gasteiger partial charge in [-0.1, -0.05) is 218 Å². The second-order valence-electron chi connectivity index (χ2n) is 18.0. The van der Waals surface area contributed by atoms with Gasteiger partial charge in [-0.15, -0.1) is 0 Å². The van der Waals surface area contributed by atoms with Gasteiger partial charge in [-0.25, -0.2) is 0 Å². The average molecular weight is 907 g/mol. The fourth-order valence-corrected chi connectivity index (χ4v) is 10.5. The van der Waals surface area contributed by atoms with Gasteiger partial charge in [0, 0.05) is 39.0 Å². The minimum absolute atomic E-state index is 0.859. The minimum atomic E-state index is 0.859. The fourth-order valence-electron chi connectivity index (χ4n) is 10.5. The SMILES string of the molecule is c1ccc(-c2ccc(N(c3cccc(-c4cccc5ccccc45)c3)c3ccccc3-c3ccccc3N(c3ccc(-c4ccccc4)cc3)c3cc4ccccc4c4oc5ccccc5c34)cc2)cc1. The Morgan fingerprint density at radius 1 is 0.254 bits per heavy atom. The van der Waals surface area contributed by atoms with Gasteiger partial charge in [0.15, 0.2) is 0 Å². The number of anilines is 6. The Morgan fingerprint density at radius 2 is 0.718 bits per heavy atom. The van der Waals surface area contributed by atoms with Gasteiger partial charge in [0.25, 0.3) is 0 Å². The second kappa shape index (κ2) is 17.9. The minimum Gasteiger partial charge on any atom is -0.455 e. The molecule has 12 aromatic carbocycles. The summed E-state index contributed by atoms with van der Waals surface area (Å²) in [5, 5.41) is 6.78. The molecule has 334 valence electrons. The van der Waals surface area contributed by atoms with E-state index < -0.39 is 0 Å². The van der Waals surface area contributed by atoms with E-state index in [2.05, 4.69) is 289 Å². The number of fused-ring (bicyclic) bond motifs is 6. The van der Waals surface area contributed by atoms with Crippen LogP contribution in [0.15, 0.2) is 283 Å². The number of furan rings is 1. The molecule has 71 heavy (non-hydrogen) atoms. The maximum absolute atomic E-state index is 6.84. The average Bonchev–Trinajstić information content (AvgIpc) is 3.85. The molecule has 0 N–H and O–H groups in total. The third-order valence-corrected chi connectivity index (χ3v) is 13.8. The van der Waals surface area contributed by atoms with Crippen LogP contribution in [0.2, 0.25) is 0 Å². The van der Waals surface area contributed by atoms with E-state index in [1.165, 1.54) is 33.0 Å². The molecule has 3 nitrogen and oxygen atoms in total. The predicted molar refractivity (Wildman–Crippen MR) is 300 cm³/mol. The van der Waals surface area contributed by atoms with Gasteiger partial charge in [0.05, 0.1) is 22.4 Å². The Balaban J connectivity index is 1.04. The number of hydrogen-bond acceptors (Lipinski definition) is 3. The molecule has 0 atom stereocenters. The number of nitrogens with zero attached hydrogens (tertiary/aromatic N) is 2. The van der Waals surface area contributed by atoms with Crippen molar-refractivity contribution in [1.82, 2.24) is 0 Å². The normalized spacial score (nSPS) is 11.4. The first-order valence-corrected chi connectivity index (χ1v) is 24.2. The second-order valence-corrected chi connectivity index (χ2v) is 18.0. The van der Waals surface area contributed by atoms with Gasteiger partial charge in [0.1, 0.15) is 11.2 Å². The van der Waals surface area contributed by atoms with Crippen LogP contribution in [0.5, 0.6) is 0 Å². The quantitative estimate of drug-likeness (QED) is 0.136. The van der Waals surface area contributed by atoms with Gasteiger partial charge in [-0.2, -0.15) is 0 Å². The van der Waals surface area contributed by atoms with Crippen LogP contribution >= 0.6 is 0 Å². The highest BCUT2D eigenvalue weighted by molar-refractivity contribution is 6.22. The van der Waals surface area contributed by atoms with Crippen LogP contribution in [0.3, 0.4) is 0 Å². The molecule has 1 aromatic heterocycles. The van der Waals surface area contributed by atoms with Crippen LogP contribution < -0.4 is 9.80 Å². The summed E-state index contributed by atoms with van der Waals surface area (Å²) in [6, 6.07) is 100. The Hall–Kier alpha value is -9.44. The van der Waals surface area contributed by atoms with Gasteiger partial charge in [0.2, 0.25) is 0 Å². The molecular formula is C68H46N2O. The molecule has 0 radical (unpaired) electrons. The van der Waals surface area contributed by atoms with Gasteiger partial charge >= 0.3 is 0 Å². The molecule has 0 aliphatic heterocycles. The van der Waals surface area contributed by atoms with E-state index in [-0.39, 0.29) is 0 Å². The van der Waals surface area contributed by atoms with Crippen LogP contribution in [-0.4, -0.2) is 0 Å². The van der Waals surface area contributed by atoms with Crippen molar-refractivity contribution in [2.75, 3.05) is 9.80 Å². The molecule has 13 rings (SSSR count). The molecule has 0 aliphatic rings. The standard InChI is InChI=1S/C68H46N2O/c1-3-19-47(20-4-1)49-37-41-54(42-38-49)69(56-27-17-26-52(45-56)58-33-18-25-51-23-7-9-28-57(51)58)63-34-14-11-30-60(63)61-31-12-15-35-64(61)70(55-43-39-50(40-44-55)48-21-5-2-6-22-48)65-46-53-24-8-10-29-59(53)68-67(65)62-32-13-16-36-66(62)71-68/h1-46H. The van der Waals surface area contributed by atoms with E-state index in [4.69, 9.17) is 4.42 Å². The first kappa shape index (κ1) is 41.7. The Kier molecular flexibility index (Phi) is 10.5. The van der Waals surface area contributed by atoms with Crippen molar-refractivity contribution >= 4 is 77.6 Å². The molecule has 0 saturated heterocycles. The van der Waals surface area contributed by atoms with Crippen LogP contribution in [0.4, 0.5) is 34.1 Å². The first-order valence-electron chi connectivity index (χ1n) is 24.2. The van der Waals surface area contributed by atoms with Crippen LogP contribution in [-0.2, 0) is 0 Å². The topological polar surface area (TPSA) is 19.6 Å². The van der Waals surface area contributed by atoms with Crippen LogP contribution in [0.25, 0.3) is 88.0 Å². The lowest BCUT2D eigenvalue weighted by atomic mass is 9.96. The maximum Gasteiger partial charge on any atom is 0.145 e. The molecule has 3 heteroatoms. The van der Waals surface area contributed by atoms with Gasteiger partial charge < -0.3 is 14.2 Å². The summed E-state index contributed by atoms with van der Waals surface area (Å²) in [6.45, 7) is 0. The van der Waals surface area contributed by atoms with Crippen molar-refractivity contribution < 1.29 is 4.42 Å². The number of benzene rings is 12. The lowest BCUT2D eigenvalue weighted by Crippen LogP contribution is -2.14. The number of para-hydroxylation sites is 3. The maximum atomic E-state index is 6.84. The Labute approximate surface area is 413 Å². The predicted octanol–water partition coefficient (Wildman–Crippen LogP) is 19.5. The first-order chi connectivity index (χ1) is 35.2. The van der Waals surface area contributed by atoms with Crippen molar-refractivity contribution in [2.45, 2.75) is 0 Å². The van der Waals surface area contributed by atoms with E-state index in [0.717, 1.165) is 89.1 Å². The lowest BCUT2D eigenvalue weighted by Gasteiger charge is -2.32. The van der Waals surface area contributed by atoms with E-state index in [1.54, 1.807) is 0 Å². The van der Waals surface area contributed by atoms with E-state index >= 15 is 0 Å². The highest BCUT2D eigenvalue weighted by Gasteiger charge is 2.26. The van der Waals surface area contributed by atoms with E-state index in [0.29, 0.717) is 0 Å². The van der Waals surface area contributed by atoms with Gasteiger partial charge in [-0.05, 0) is 110 Å². The highest BCUT2D eigenvalue weighted by atomic mass is 16.3. The molecule has 0 bridgehead atoms. The third-order valence-electron chi connectivity index (χ3n) is 13.8. The monoisotopic (exact) mass is 906 g/mol. The summed E-state index contributed by atoms with van der Waals surface area (Å²) >= 11 is 0. The zero-order chi connectivity index (χ0) is 47.1. The molecule has 0 amide bonds. The zero-order valence-corrected chi connectivity index (χ0v) is 38.9. The molecule has 0 aliphatic carbocycles. The van der Waals surface area contributed by atoms with Gasteiger partial charge in [-0.3, -0.25) is 0 Å². The molecule has 0 spiro atoms.